The Bertz CT molecular complexity index is 676. The summed E-state index contributed by atoms with van der Waals surface area (Å²) in [6.45, 7) is 2.59. The van der Waals surface area contributed by atoms with Crippen molar-refractivity contribution in [3.63, 3.8) is 0 Å². The van der Waals surface area contributed by atoms with Gasteiger partial charge in [0.05, 0.1) is 4.90 Å². The van der Waals surface area contributed by atoms with Crippen molar-refractivity contribution in [2.45, 2.75) is 43.5 Å². The van der Waals surface area contributed by atoms with E-state index >= 15 is 0 Å². The molecule has 2 N–H and O–H groups in total. The Hall–Kier alpha value is -1.40. The Kier molecular flexibility index (Phi) is 3.53. The van der Waals surface area contributed by atoms with E-state index in [9.17, 15) is 13.2 Å². The minimum atomic E-state index is -3.73. The van der Waals surface area contributed by atoms with Gasteiger partial charge < -0.3 is 4.90 Å². The Morgan fingerprint density at radius 3 is 2.43 bits per heavy atom. The maximum Gasteiger partial charge on any atom is 0.254 e. The summed E-state index contributed by atoms with van der Waals surface area (Å²) < 4.78 is 22.7. The molecule has 1 aromatic carbocycles. The molecule has 21 heavy (non-hydrogen) atoms. The number of nitrogens with two attached hydrogens (primary N) is 1. The predicted molar refractivity (Wildman–Crippen MR) is 79.3 cm³/mol. The fourth-order valence-electron chi connectivity index (χ4n) is 2.57. The van der Waals surface area contributed by atoms with Crippen LogP contribution in [-0.4, -0.2) is 31.8 Å². The summed E-state index contributed by atoms with van der Waals surface area (Å²) in [5, 5.41) is 5.12. The summed E-state index contributed by atoms with van der Waals surface area (Å²) >= 11 is 0. The fraction of sp³-hybridized carbons (Fsp3) is 0.533. The van der Waals surface area contributed by atoms with Crippen molar-refractivity contribution in [1.82, 2.24) is 4.90 Å². The standard InChI is InChI=1S/C15H20N2O3S/c1-10-8-13(21(16,19)20)6-7-14(10)15(18)17(12-4-5-12)9-11-2-3-11/h6-8,11-12H,2-5,9H2,1H3,(H2,16,19,20). The van der Waals surface area contributed by atoms with Crippen LogP contribution in [0.15, 0.2) is 23.1 Å². The highest BCUT2D eigenvalue weighted by molar-refractivity contribution is 7.89. The number of hydrogen-bond donors (Lipinski definition) is 1. The van der Waals surface area contributed by atoms with Gasteiger partial charge in [0, 0.05) is 18.2 Å². The van der Waals surface area contributed by atoms with Gasteiger partial charge >= 0.3 is 0 Å². The van der Waals surface area contributed by atoms with E-state index in [-0.39, 0.29) is 10.8 Å². The molecule has 0 bridgehead atoms. The lowest BCUT2D eigenvalue weighted by Gasteiger charge is -2.23. The lowest BCUT2D eigenvalue weighted by atomic mass is 10.1. The topological polar surface area (TPSA) is 80.5 Å². The zero-order valence-electron chi connectivity index (χ0n) is 12.1. The van der Waals surface area contributed by atoms with Crippen LogP contribution in [0, 0.1) is 12.8 Å². The van der Waals surface area contributed by atoms with E-state index in [1.54, 1.807) is 13.0 Å². The lowest BCUT2D eigenvalue weighted by molar-refractivity contribution is 0.0734. The summed E-state index contributed by atoms with van der Waals surface area (Å²) in [6.07, 6.45) is 4.57. The average molecular weight is 308 g/mol. The van der Waals surface area contributed by atoms with Gasteiger partial charge in [-0.2, -0.15) is 0 Å². The molecule has 114 valence electrons. The van der Waals surface area contributed by atoms with Crippen LogP contribution in [0.5, 0.6) is 0 Å². The van der Waals surface area contributed by atoms with Gasteiger partial charge in [0.2, 0.25) is 10.0 Å². The molecule has 0 heterocycles. The largest absolute Gasteiger partial charge is 0.335 e. The smallest absolute Gasteiger partial charge is 0.254 e. The van der Waals surface area contributed by atoms with E-state index in [1.807, 2.05) is 4.90 Å². The summed E-state index contributed by atoms with van der Waals surface area (Å²) in [5.74, 6) is 0.668. The second kappa shape index (κ2) is 5.10. The van der Waals surface area contributed by atoms with E-state index in [4.69, 9.17) is 5.14 Å². The number of sulfonamides is 1. The predicted octanol–water partition coefficient (Wildman–Crippen LogP) is 1.66. The molecule has 0 radical (unpaired) electrons. The number of carbonyl (C=O) groups excluding carboxylic acids is 1. The molecular weight excluding hydrogens is 288 g/mol. The summed E-state index contributed by atoms with van der Waals surface area (Å²) in [7, 11) is -3.73. The van der Waals surface area contributed by atoms with Crippen molar-refractivity contribution in [2.75, 3.05) is 6.54 Å². The Morgan fingerprint density at radius 1 is 1.29 bits per heavy atom. The van der Waals surface area contributed by atoms with Crippen LogP contribution in [0.4, 0.5) is 0 Å². The van der Waals surface area contributed by atoms with Crippen molar-refractivity contribution < 1.29 is 13.2 Å². The average Bonchev–Trinajstić information content (AvgIpc) is 3.25. The molecule has 0 aliphatic heterocycles. The summed E-state index contributed by atoms with van der Waals surface area (Å²) in [6, 6.07) is 4.85. The van der Waals surface area contributed by atoms with Gasteiger partial charge in [0.1, 0.15) is 0 Å². The summed E-state index contributed by atoms with van der Waals surface area (Å²) in [4.78, 5) is 14.7. The molecular formula is C15H20N2O3S. The number of hydrogen-bond acceptors (Lipinski definition) is 3. The second-order valence-corrected chi connectivity index (χ2v) is 7.72. The third-order valence-corrected chi connectivity index (χ3v) is 5.07. The highest BCUT2D eigenvalue weighted by Crippen LogP contribution is 2.36. The molecule has 2 aliphatic rings. The van der Waals surface area contributed by atoms with Crippen LogP contribution in [0.2, 0.25) is 0 Å². The number of nitrogens with zero attached hydrogens (tertiary/aromatic N) is 1. The van der Waals surface area contributed by atoms with E-state index < -0.39 is 10.0 Å². The van der Waals surface area contributed by atoms with Crippen molar-refractivity contribution in [3.05, 3.63) is 29.3 Å². The molecule has 0 spiro atoms. The second-order valence-electron chi connectivity index (χ2n) is 6.15. The molecule has 2 aliphatic carbocycles. The number of primary sulfonamides is 1. The van der Waals surface area contributed by atoms with E-state index in [0.717, 1.165) is 19.4 Å². The third-order valence-electron chi connectivity index (χ3n) is 4.16. The minimum absolute atomic E-state index is 0.0165. The monoisotopic (exact) mass is 308 g/mol. The molecule has 3 rings (SSSR count). The highest BCUT2D eigenvalue weighted by Gasteiger charge is 2.37. The Morgan fingerprint density at radius 2 is 1.95 bits per heavy atom. The number of rotatable bonds is 5. The zero-order chi connectivity index (χ0) is 15.2. The van der Waals surface area contributed by atoms with Gasteiger partial charge in [0.15, 0.2) is 0 Å². The van der Waals surface area contributed by atoms with Gasteiger partial charge in [0.25, 0.3) is 5.91 Å². The first-order valence-corrected chi connectivity index (χ1v) is 8.85. The molecule has 0 aromatic heterocycles. The van der Waals surface area contributed by atoms with Gasteiger partial charge in [-0.15, -0.1) is 0 Å². The van der Waals surface area contributed by atoms with Crippen LogP contribution < -0.4 is 5.14 Å². The maximum absolute atomic E-state index is 12.7. The van der Waals surface area contributed by atoms with E-state index in [0.29, 0.717) is 23.1 Å². The van der Waals surface area contributed by atoms with E-state index in [1.165, 1.54) is 25.0 Å². The first kappa shape index (κ1) is 14.5. The summed E-state index contributed by atoms with van der Waals surface area (Å²) in [5.41, 5.74) is 1.24. The number of amides is 1. The van der Waals surface area contributed by atoms with Crippen molar-refractivity contribution in [3.8, 4) is 0 Å². The van der Waals surface area contributed by atoms with Crippen LogP contribution >= 0.6 is 0 Å². The van der Waals surface area contributed by atoms with Crippen molar-refractivity contribution in [2.24, 2.45) is 11.1 Å². The number of aryl methyl sites for hydroxylation is 1. The van der Waals surface area contributed by atoms with Gasteiger partial charge in [-0.3, -0.25) is 4.79 Å². The van der Waals surface area contributed by atoms with Crippen molar-refractivity contribution >= 4 is 15.9 Å². The van der Waals surface area contributed by atoms with Gasteiger partial charge in [-0.05, 0) is 62.3 Å². The SMILES string of the molecule is Cc1cc(S(N)(=O)=O)ccc1C(=O)N(CC1CC1)C1CC1. The first-order valence-electron chi connectivity index (χ1n) is 7.30. The molecule has 2 saturated carbocycles. The normalized spacial score (nSPS) is 18.6. The van der Waals surface area contributed by atoms with Crippen LogP contribution in [-0.2, 0) is 10.0 Å². The third kappa shape index (κ3) is 3.27. The highest BCUT2D eigenvalue weighted by atomic mass is 32.2. The molecule has 1 aromatic rings. The van der Waals surface area contributed by atoms with Crippen LogP contribution in [0.3, 0.4) is 0 Å². The zero-order valence-corrected chi connectivity index (χ0v) is 12.9. The molecule has 0 atom stereocenters. The van der Waals surface area contributed by atoms with Gasteiger partial charge in [-0.1, -0.05) is 0 Å². The molecule has 0 saturated heterocycles. The molecule has 5 nitrogen and oxygen atoms in total. The minimum Gasteiger partial charge on any atom is -0.335 e. The van der Waals surface area contributed by atoms with E-state index in [2.05, 4.69) is 0 Å². The molecule has 6 heteroatoms. The first-order chi connectivity index (χ1) is 9.86. The number of carbonyl (C=O) groups is 1. The van der Waals surface area contributed by atoms with Crippen LogP contribution in [0.1, 0.15) is 41.6 Å². The Labute approximate surface area is 125 Å². The lowest BCUT2D eigenvalue weighted by Crippen LogP contribution is -2.35. The fourth-order valence-corrected chi connectivity index (χ4v) is 3.17. The van der Waals surface area contributed by atoms with Gasteiger partial charge in [-0.25, -0.2) is 13.6 Å². The quantitative estimate of drug-likeness (QED) is 0.898. The molecule has 1 amide bonds. The molecule has 0 unspecified atom stereocenters. The van der Waals surface area contributed by atoms with Crippen LogP contribution in [0.25, 0.3) is 0 Å². The van der Waals surface area contributed by atoms with Crippen molar-refractivity contribution in [1.29, 1.82) is 0 Å². The molecule has 2 fully saturated rings. The number of benzene rings is 1. The Balaban J connectivity index is 1.86. The maximum atomic E-state index is 12.7.